The Hall–Kier alpha value is -3.06. The Morgan fingerprint density at radius 1 is 1.00 bits per heavy atom. The van der Waals surface area contributed by atoms with Crippen molar-refractivity contribution in [3.63, 3.8) is 0 Å². The molecule has 1 fully saturated rings. The van der Waals surface area contributed by atoms with Crippen molar-refractivity contribution in [1.29, 1.82) is 0 Å². The summed E-state index contributed by atoms with van der Waals surface area (Å²) >= 11 is 0. The minimum absolute atomic E-state index is 0.0697. The lowest BCUT2D eigenvalue weighted by atomic mass is 10.1. The van der Waals surface area contributed by atoms with E-state index in [9.17, 15) is 13.6 Å². The maximum atomic E-state index is 13.8. The summed E-state index contributed by atoms with van der Waals surface area (Å²) in [5.74, 6) is -1.88. The maximum absolute atomic E-state index is 13.8. The van der Waals surface area contributed by atoms with E-state index in [1.807, 2.05) is 4.90 Å². The molecule has 2 heterocycles. The largest absolute Gasteiger partial charge is 0.335 e. The van der Waals surface area contributed by atoms with Gasteiger partial charge in [0.1, 0.15) is 0 Å². The number of rotatable bonds is 4. The molecule has 2 aromatic carbocycles. The van der Waals surface area contributed by atoms with Crippen LogP contribution in [0.25, 0.3) is 5.69 Å². The molecule has 1 aliphatic carbocycles. The molecule has 5 nitrogen and oxygen atoms in total. The number of piperazine rings is 1. The quantitative estimate of drug-likeness (QED) is 0.623. The zero-order valence-corrected chi connectivity index (χ0v) is 18.2. The van der Waals surface area contributed by atoms with Crippen LogP contribution in [0.5, 0.6) is 0 Å². The smallest absolute Gasteiger partial charge is 0.274 e. The normalized spacial score (nSPS) is 16.4. The average molecular weight is 437 g/mol. The Morgan fingerprint density at radius 2 is 1.81 bits per heavy atom. The molecule has 1 saturated heterocycles. The van der Waals surface area contributed by atoms with E-state index in [0.717, 1.165) is 62.3 Å². The second-order valence-electron chi connectivity index (χ2n) is 8.70. The second-order valence-corrected chi connectivity index (χ2v) is 8.70. The van der Waals surface area contributed by atoms with Gasteiger partial charge in [-0.05, 0) is 43.9 Å². The maximum Gasteiger partial charge on any atom is 0.274 e. The van der Waals surface area contributed by atoms with Crippen LogP contribution in [0.1, 0.15) is 39.3 Å². The molecule has 166 valence electrons. The highest BCUT2D eigenvalue weighted by atomic mass is 19.2. The van der Waals surface area contributed by atoms with Crippen LogP contribution >= 0.6 is 0 Å². The van der Waals surface area contributed by atoms with E-state index < -0.39 is 11.6 Å². The third-order valence-corrected chi connectivity index (χ3v) is 6.43. The molecule has 0 bridgehead atoms. The predicted molar refractivity (Wildman–Crippen MR) is 118 cm³/mol. The van der Waals surface area contributed by atoms with E-state index in [4.69, 9.17) is 0 Å². The average Bonchev–Trinajstić information content (AvgIpc) is 3.39. The molecular weight excluding hydrogens is 410 g/mol. The molecule has 0 N–H and O–H groups in total. The standard InChI is InChI=1S/C25H26F2N4O/c1-17-4-2-5-18(14-17)16-29-10-12-30(13-11-29)25(32)24-20-6-3-7-23(20)31(28-24)19-8-9-21(26)22(27)15-19/h2,4-5,8-9,14-15H,3,6-7,10-13,16H2,1H3. The van der Waals surface area contributed by atoms with Gasteiger partial charge in [0, 0.05) is 50.0 Å². The topological polar surface area (TPSA) is 41.4 Å². The van der Waals surface area contributed by atoms with Crippen molar-refractivity contribution in [2.45, 2.75) is 32.7 Å². The highest BCUT2D eigenvalue weighted by molar-refractivity contribution is 5.94. The summed E-state index contributed by atoms with van der Waals surface area (Å²) in [5.41, 5.74) is 5.31. The Labute approximate surface area is 186 Å². The molecule has 2 aliphatic rings. The first-order valence-corrected chi connectivity index (χ1v) is 11.1. The van der Waals surface area contributed by atoms with Crippen molar-refractivity contribution in [2.24, 2.45) is 0 Å². The summed E-state index contributed by atoms with van der Waals surface area (Å²) in [7, 11) is 0. The van der Waals surface area contributed by atoms with Gasteiger partial charge in [-0.3, -0.25) is 9.69 Å². The van der Waals surface area contributed by atoms with Crippen LogP contribution in [0, 0.1) is 18.6 Å². The fourth-order valence-electron chi connectivity index (χ4n) is 4.77. The first-order chi connectivity index (χ1) is 15.5. The van der Waals surface area contributed by atoms with Crippen LogP contribution in [0.2, 0.25) is 0 Å². The zero-order chi connectivity index (χ0) is 22.2. The number of aryl methyl sites for hydroxylation is 1. The molecule has 0 spiro atoms. The third kappa shape index (κ3) is 3.93. The van der Waals surface area contributed by atoms with Gasteiger partial charge in [0.2, 0.25) is 0 Å². The number of fused-ring (bicyclic) bond motifs is 1. The molecule has 3 aromatic rings. The Morgan fingerprint density at radius 3 is 2.56 bits per heavy atom. The fraction of sp³-hybridized carbons (Fsp3) is 0.360. The van der Waals surface area contributed by atoms with Crippen LogP contribution in [0.3, 0.4) is 0 Å². The van der Waals surface area contributed by atoms with E-state index in [2.05, 4.69) is 41.2 Å². The summed E-state index contributed by atoms with van der Waals surface area (Å²) in [6, 6.07) is 12.3. The number of nitrogens with zero attached hydrogens (tertiary/aromatic N) is 4. The monoisotopic (exact) mass is 436 g/mol. The van der Waals surface area contributed by atoms with Gasteiger partial charge in [0.05, 0.1) is 5.69 Å². The minimum atomic E-state index is -0.914. The molecule has 7 heteroatoms. The lowest BCUT2D eigenvalue weighted by Crippen LogP contribution is -2.48. The number of halogens is 2. The minimum Gasteiger partial charge on any atom is -0.335 e. The molecule has 1 amide bonds. The molecular formula is C25H26F2N4O. The van der Waals surface area contributed by atoms with Gasteiger partial charge in [0.25, 0.3) is 5.91 Å². The van der Waals surface area contributed by atoms with Gasteiger partial charge in [-0.1, -0.05) is 29.8 Å². The Kier molecular flexibility index (Phi) is 5.51. The number of carbonyl (C=O) groups excluding carboxylic acids is 1. The van der Waals surface area contributed by atoms with Crippen molar-refractivity contribution in [2.75, 3.05) is 26.2 Å². The number of carbonyl (C=O) groups is 1. The van der Waals surface area contributed by atoms with E-state index in [-0.39, 0.29) is 5.91 Å². The Bertz CT molecular complexity index is 1160. The number of hydrogen-bond donors (Lipinski definition) is 0. The molecule has 0 saturated carbocycles. The fourth-order valence-corrected chi connectivity index (χ4v) is 4.77. The van der Waals surface area contributed by atoms with Gasteiger partial charge in [-0.2, -0.15) is 5.10 Å². The van der Waals surface area contributed by atoms with Crippen molar-refractivity contribution in [1.82, 2.24) is 19.6 Å². The van der Waals surface area contributed by atoms with Crippen molar-refractivity contribution in [3.8, 4) is 5.69 Å². The summed E-state index contributed by atoms with van der Waals surface area (Å²) in [6.45, 7) is 5.90. The predicted octanol–water partition coefficient (Wildman–Crippen LogP) is 3.91. The van der Waals surface area contributed by atoms with Crippen LogP contribution in [-0.4, -0.2) is 51.7 Å². The van der Waals surface area contributed by atoms with Crippen LogP contribution in [-0.2, 0) is 19.4 Å². The number of hydrogen-bond acceptors (Lipinski definition) is 3. The number of aromatic nitrogens is 2. The van der Waals surface area contributed by atoms with E-state index in [0.29, 0.717) is 24.5 Å². The van der Waals surface area contributed by atoms with Crippen LogP contribution in [0.4, 0.5) is 8.78 Å². The molecule has 5 rings (SSSR count). The van der Waals surface area contributed by atoms with Gasteiger partial charge in [-0.25, -0.2) is 13.5 Å². The van der Waals surface area contributed by atoms with Crippen molar-refractivity contribution in [3.05, 3.63) is 82.2 Å². The van der Waals surface area contributed by atoms with E-state index in [1.54, 1.807) is 4.68 Å². The molecule has 0 atom stereocenters. The van der Waals surface area contributed by atoms with Gasteiger partial charge < -0.3 is 4.90 Å². The molecule has 32 heavy (non-hydrogen) atoms. The summed E-state index contributed by atoms with van der Waals surface area (Å²) in [5, 5.41) is 4.57. The summed E-state index contributed by atoms with van der Waals surface area (Å²) in [4.78, 5) is 17.6. The van der Waals surface area contributed by atoms with Crippen LogP contribution < -0.4 is 0 Å². The van der Waals surface area contributed by atoms with E-state index in [1.165, 1.54) is 17.2 Å². The third-order valence-electron chi connectivity index (χ3n) is 6.43. The van der Waals surface area contributed by atoms with Gasteiger partial charge in [-0.15, -0.1) is 0 Å². The van der Waals surface area contributed by atoms with Gasteiger partial charge in [0.15, 0.2) is 17.3 Å². The van der Waals surface area contributed by atoms with Crippen LogP contribution in [0.15, 0.2) is 42.5 Å². The molecule has 1 aliphatic heterocycles. The first kappa shape index (κ1) is 20.8. The number of amides is 1. The van der Waals surface area contributed by atoms with Crippen molar-refractivity contribution >= 4 is 5.91 Å². The SMILES string of the molecule is Cc1cccc(CN2CCN(C(=O)c3nn(-c4ccc(F)c(F)c4)c4c3CCC4)CC2)c1. The van der Waals surface area contributed by atoms with Gasteiger partial charge >= 0.3 is 0 Å². The number of benzene rings is 2. The molecule has 0 unspecified atom stereocenters. The molecule has 1 aromatic heterocycles. The lowest BCUT2D eigenvalue weighted by molar-refractivity contribution is 0.0621. The highest BCUT2D eigenvalue weighted by Gasteiger charge is 2.31. The van der Waals surface area contributed by atoms with Crippen molar-refractivity contribution < 1.29 is 13.6 Å². The first-order valence-electron chi connectivity index (χ1n) is 11.1. The van der Waals surface area contributed by atoms with E-state index >= 15 is 0 Å². The molecule has 0 radical (unpaired) electrons. The summed E-state index contributed by atoms with van der Waals surface area (Å²) < 4.78 is 28.8. The lowest BCUT2D eigenvalue weighted by Gasteiger charge is -2.34. The highest BCUT2D eigenvalue weighted by Crippen LogP contribution is 2.29. The Balaban J connectivity index is 1.31. The second kappa shape index (κ2) is 8.47. The summed E-state index contributed by atoms with van der Waals surface area (Å²) in [6.07, 6.45) is 2.49. The zero-order valence-electron chi connectivity index (χ0n) is 18.2.